The standard InChI is InChI=1S/C9H6F5NO2/c1-17-6-2-4(8(10)11)7(9(12,13)14)5(3-16)15-6/h2-3,8H,1H3. The first-order chi connectivity index (χ1) is 7.81. The van der Waals surface area contributed by atoms with Crippen molar-refractivity contribution >= 4 is 6.29 Å². The molecule has 1 heterocycles. The van der Waals surface area contributed by atoms with Crippen LogP contribution in [0.5, 0.6) is 5.88 Å². The third-order valence-electron chi connectivity index (χ3n) is 1.89. The van der Waals surface area contributed by atoms with Crippen LogP contribution in [0.1, 0.15) is 28.0 Å². The number of hydrogen-bond acceptors (Lipinski definition) is 3. The van der Waals surface area contributed by atoms with Crippen molar-refractivity contribution in [2.75, 3.05) is 7.11 Å². The van der Waals surface area contributed by atoms with E-state index in [2.05, 4.69) is 9.72 Å². The van der Waals surface area contributed by atoms with Gasteiger partial charge in [-0.1, -0.05) is 0 Å². The zero-order valence-corrected chi connectivity index (χ0v) is 8.39. The zero-order valence-electron chi connectivity index (χ0n) is 8.39. The van der Waals surface area contributed by atoms with Crippen molar-refractivity contribution in [1.82, 2.24) is 4.98 Å². The van der Waals surface area contributed by atoms with Gasteiger partial charge in [-0.3, -0.25) is 4.79 Å². The van der Waals surface area contributed by atoms with E-state index >= 15 is 0 Å². The van der Waals surface area contributed by atoms with E-state index in [1.165, 1.54) is 0 Å². The Balaban J connectivity index is 3.58. The van der Waals surface area contributed by atoms with Crippen LogP contribution >= 0.6 is 0 Å². The second-order valence-electron chi connectivity index (χ2n) is 2.93. The van der Waals surface area contributed by atoms with Crippen molar-refractivity contribution < 1.29 is 31.5 Å². The number of carbonyl (C=O) groups is 1. The fraction of sp³-hybridized carbons (Fsp3) is 0.333. The van der Waals surface area contributed by atoms with Gasteiger partial charge in [-0.25, -0.2) is 13.8 Å². The van der Waals surface area contributed by atoms with Crippen molar-refractivity contribution in [2.24, 2.45) is 0 Å². The Morgan fingerprint density at radius 2 is 2.00 bits per heavy atom. The number of methoxy groups -OCH3 is 1. The molecule has 0 spiro atoms. The Morgan fingerprint density at radius 1 is 1.41 bits per heavy atom. The van der Waals surface area contributed by atoms with E-state index in [0.29, 0.717) is 6.07 Å². The molecule has 0 saturated carbocycles. The monoisotopic (exact) mass is 255 g/mol. The lowest BCUT2D eigenvalue weighted by molar-refractivity contribution is -0.140. The second kappa shape index (κ2) is 4.64. The molecule has 0 aliphatic carbocycles. The van der Waals surface area contributed by atoms with Crippen LogP contribution in [0.25, 0.3) is 0 Å². The summed E-state index contributed by atoms with van der Waals surface area (Å²) in [5.74, 6) is -0.476. The Bertz CT molecular complexity index is 430. The van der Waals surface area contributed by atoms with Crippen LogP contribution in [0.2, 0.25) is 0 Å². The van der Waals surface area contributed by atoms with Crippen LogP contribution in [-0.4, -0.2) is 18.4 Å². The molecule has 0 radical (unpaired) electrons. The Hall–Kier alpha value is -1.73. The largest absolute Gasteiger partial charge is 0.481 e. The Labute approximate surface area is 92.2 Å². The van der Waals surface area contributed by atoms with E-state index in [4.69, 9.17) is 0 Å². The van der Waals surface area contributed by atoms with E-state index < -0.39 is 35.3 Å². The second-order valence-corrected chi connectivity index (χ2v) is 2.93. The molecule has 0 atom stereocenters. The summed E-state index contributed by atoms with van der Waals surface area (Å²) in [6, 6.07) is 0.459. The molecular formula is C9H6F5NO2. The van der Waals surface area contributed by atoms with Gasteiger partial charge >= 0.3 is 6.18 Å². The van der Waals surface area contributed by atoms with E-state index in [0.717, 1.165) is 7.11 Å². The number of hydrogen-bond donors (Lipinski definition) is 0. The van der Waals surface area contributed by atoms with Crippen molar-refractivity contribution in [3.63, 3.8) is 0 Å². The number of nitrogens with zero attached hydrogens (tertiary/aromatic N) is 1. The summed E-state index contributed by atoms with van der Waals surface area (Å²) in [4.78, 5) is 13.6. The van der Waals surface area contributed by atoms with Crippen LogP contribution in [0, 0.1) is 0 Å². The minimum atomic E-state index is -5.08. The van der Waals surface area contributed by atoms with Gasteiger partial charge in [0, 0.05) is 11.6 Å². The minimum absolute atomic E-state index is 0.239. The van der Waals surface area contributed by atoms with Crippen molar-refractivity contribution in [1.29, 1.82) is 0 Å². The van der Waals surface area contributed by atoms with Crippen molar-refractivity contribution in [3.05, 3.63) is 22.9 Å². The SMILES string of the molecule is COc1cc(C(F)F)c(C(F)(F)F)c(C=O)n1. The first-order valence-electron chi connectivity index (χ1n) is 4.20. The summed E-state index contributed by atoms with van der Waals surface area (Å²) in [6.07, 6.45) is -8.71. The van der Waals surface area contributed by atoms with E-state index in [9.17, 15) is 26.7 Å². The minimum Gasteiger partial charge on any atom is -0.481 e. The van der Waals surface area contributed by atoms with Gasteiger partial charge in [0.15, 0.2) is 6.29 Å². The number of alkyl halides is 5. The highest BCUT2D eigenvalue weighted by molar-refractivity contribution is 5.76. The van der Waals surface area contributed by atoms with Crippen molar-refractivity contribution in [3.8, 4) is 5.88 Å². The number of aromatic nitrogens is 1. The van der Waals surface area contributed by atoms with Gasteiger partial charge in [-0.2, -0.15) is 13.2 Å². The van der Waals surface area contributed by atoms with Crippen LogP contribution < -0.4 is 4.74 Å². The molecule has 8 heteroatoms. The molecule has 3 nitrogen and oxygen atoms in total. The summed E-state index contributed by atoms with van der Waals surface area (Å²) in [7, 11) is 1.04. The highest BCUT2D eigenvalue weighted by Crippen LogP contribution is 2.38. The molecule has 0 aliphatic rings. The molecule has 17 heavy (non-hydrogen) atoms. The van der Waals surface area contributed by atoms with Gasteiger partial charge in [-0.05, 0) is 0 Å². The van der Waals surface area contributed by atoms with E-state index in [-0.39, 0.29) is 6.29 Å². The highest BCUT2D eigenvalue weighted by atomic mass is 19.4. The summed E-state index contributed by atoms with van der Waals surface area (Å²) in [5.41, 5.74) is -4.18. The van der Waals surface area contributed by atoms with Gasteiger partial charge in [0.1, 0.15) is 5.69 Å². The molecule has 0 saturated heterocycles. The number of rotatable bonds is 3. The summed E-state index contributed by atoms with van der Waals surface area (Å²) in [6.45, 7) is 0. The molecule has 0 N–H and O–H groups in total. The lowest BCUT2D eigenvalue weighted by Crippen LogP contribution is -2.15. The molecule has 0 unspecified atom stereocenters. The lowest BCUT2D eigenvalue weighted by atomic mass is 10.1. The van der Waals surface area contributed by atoms with Crippen LogP contribution in [0.4, 0.5) is 22.0 Å². The van der Waals surface area contributed by atoms with Crippen LogP contribution in [0.15, 0.2) is 6.07 Å². The molecule has 1 rings (SSSR count). The first-order valence-corrected chi connectivity index (χ1v) is 4.20. The third-order valence-corrected chi connectivity index (χ3v) is 1.89. The lowest BCUT2D eigenvalue weighted by Gasteiger charge is -2.14. The number of halogens is 5. The van der Waals surface area contributed by atoms with E-state index in [1.54, 1.807) is 0 Å². The Morgan fingerprint density at radius 3 is 2.35 bits per heavy atom. The molecule has 0 aromatic carbocycles. The maximum Gasteiger partial charge on any atom is 0.419 e. The summed E-state index contributed by atoms with van der Waals surface area (Å²) >= 11 is 0. The molecule has 0 fully saturated rings. The van der Waals surface area contributed by atoms with Gasteiger partial charge < -0.3 is 4.74 Å². The molecule has 1 aromatic heterocycles. The summed E-state index contributed by atoms with van der Waals surface area (Å²) in [5, 5.41) is 0. The molecule has 1 aromatic rings. The third kappa shape index (κ3) is 2.69. The topological polar surface area (TPSA) is 39.2 Å². The van der Waals surface area contributed by atoms with Gasteiger partial charge in [0.05, 0.1) is 12.7 Å². The highest BCUT2D eigenvalue weighted by Gasteiger charge is 2.39. The van der Waals surface area contributed by atoms with Gasteiger partial charge in [0.25, 0.3) is 6.43 Å². The first kappa shape index (κ1) is 13.3. The van der Waals surface area contributed by atoms with Crippen LogP contribution in [0.3, 0.4) is 0 Å². The number of ether oxygens (including phenoxy) is 1. The number of pyridine rings is 1. The predicted octanol–water partition coefficient (Wildman–Crippen LogP) is 2.86. The summed E-state index contributed by atoms with van der Waals surface area (Å²) < 4.78 is 67.0. The average Bonchev–Trinajstić information content (AvgIpc) is 2.25. The molecule has 94 valence electrons. The number of carbonyl (C=O) groups excluding carboxylic acids is 1. The van der Waals surface area contributed by atoms with Gasteiger partial charge in [-0.15, -0.1) is 0 Å². The average molecular weight is 255 g/mol. The van der Waals surface area contributed by atoms with E-state index in [1.807, 2.05) is 0 Å². The quantitative estimate of drug-likeness (QED) is 0.615. The van der Waals surface area contributed by atoms with Crippen molar-refractivity contribution in [2.45, 2.75) is 12.6 Å². The molecular weight excluding hydrogens is 249 g/mol. The molecule has 0 amide bonds. The predicted molar refractivity (Wildman–Crippen MR) is 46.1 cm³/mol. The fourth-order valence-corrected chi connectivity index (χ4v) is 1.23. The van der Waals surface area contributed by atoms with Gasteiger partial charge in [0.2, 0.25) is 5.88 Å². The maximum absolute atomic E-state index is 12.5. The normalized spacial score (nSPS) is 11.7. The molecule has 0 aliphatic heterocycles. The molecule has 0 bridgehead atoms. The number of aldehydes is 1. The van der Waals surface area contributed by atoms with Crippen LogP contribution in [-0.2, 0) is 6.18 Å². The maximum atomic E-state index is 12.5. The Kier molecular flexibility index (Phi) is 3.64. The fourth-order valence-electron chi connectivity index (χ4n) is 1.23. The smallest absolute Gasteiger partial charge is 0.419 e. The zero-order chi connectivity index (χ0) is 13.2.